The van der Waals surface area contributed by atoms with Gasteiger partial charge in [-0.05, 0) is 29.7 Å². The lowest BCUT2D eigenvalue weighted by Gasteiger charge is -2.07. The van der Waals surface area contributed by atoms with E-state index in [1.165, 1.54) is 5.56 Å². The van der Waals surface area contributed by atoms with Crippen LogP contribution in [-0.4, -0.2) is 17.1 Å². The highest BCUT2D eigenvalue weighted by Crippen LogP contribution is 2.18. The van der Waals surface area contributed by atoms with Crippen LogP contribution < -0.4 is 5.73 Å². The van der Waals surface area contributed by atoms with Gasteiger partial charge in [0.2, 0.25) is 0 Å². The Balaban J connectivity index is 2.32. The van der Waals surface area contributed by atoms with Gasteiger partial charge in [0.05, 0.1) is 0 Å². The molecule has 0 heterocycles. The second-order valence-electron chi connectivity index (χ2n) is 4.33. The van der Waals surface area contributed by atoms with Crippen LogP contribution in [0.15, 0.2) is 36.4 Å². The molecule has 2 rings (SSSR count). The van der Waals surface area contributed by atoms with Crippen molar-refractivity contribution in [1.82, 2.24) is 0 Å². The third-order valence-electron chi connectivity index (χ3n) is 2.83. The van der Waals surface area contributed by atoms with Crippen molar-refractivity contribution in [2.24, 2.45) is 5.73 Å². The Bertz CT molecular complexity index is 563. The molecule has 0 unspecified atom stereocenters. The fourth-order valence-electron chi connectivity index (χ4n) is 1.88. The lowest BCUT2D eigenvalue weighted by molar-refractivity contribution is -0.138. The summed E-state index contributed by atoms with van der Waals surface area (Å²) >= 11 is 0. The molecule has 0 saturated heterocycles. The quantitative estimate of drug-likeness (QED) is 0.847. The Labute approximate surface area is 99.9 Å². The van der Waals surface area contributed by atoms with Crippen LogP contribution in [0.2, 0.25) is 0 Å². The van der Waals surface area contributed by atoms with Gasteiger partial charge in [0, 0.05) is 0 Å². The fourth-order valence-corrected chi connectivity index (χ4v) is 1.88. The van der Waals surface area contributed by atoms with E-state index in [1.54, 1.807) is 0 Å². The van der Waals surface area contributed by atoms with E-state index in [0.29, 0.717) is 6.42 Å². The Morgan fingerprint density at radius 1 is 1.24 bits per heavy atom. The second kappa shape index (κ2) is 4.55. The van der Waals surface area contributed by atoms with Crippen LogP contribution in [0.25, 0.3) is 10.8 Å². The number of nitrogens with two attached hydrogens (primary N) is 1. The van der Waals surface area contributed by atoms with Crippen LogP contribution >= 0.6 is 0 Å². The van der Waals surface area contributed by atoms with Crippen molar-refractivity contribution in [3.63, 3.8) is 0 Å². The van der Waals surface area contributed by atoms with Crippen molar-refractivity contribution in [1.29, 1.82) is 0 Å². The highest BCUT2D eigenvalue weighted by molar-refractivity contribution is 5.84. The van der Waals surface area contributed by atoms with Crippen LogP contribution in [0.1, 0.15) is 11.1 Å². The van der Waals surface area contributed by atoms with Crippen molar-refractivity contribution in [3.05, 3.63) is 47.5 Å². The van der Waals surface area contributed by atoms with Gasteiger partial charge in [-0.2, -0.15) is 0 Å². The topological polar surface area (TPSA) is 63.3 Å². The number of hydrogen-bond donors (Lipinski definition) is 2. The maximum Gasteiger partial charge on any atom is 0.320 e. The Hall–Kier alpha value is -1.87. The van der Waals surface area contributed by atoms with Gasteiger partial charge in [-0.1, -0.05) is 42.0 Å². The molecule has 0 aliphatic rings. The number of carboxylic acid groups (broad SMARTS) is 1. The number of carbonyl (C=O) groups is 1. The number of hydrogen-bond acceptors (Lipinski definition) is 2. The van der Waals surface area contributed by atoms with Crippen LogP contribution in [0.5, 0.6) is 0 Å². The molecule has 3 heteroatoms. The van der Waals surface area contributed by atoms with Gasteiger partial charge in [0.25, 0.3) is 0 Å². The van der Waals surface area contributed by atoms with Crippen LogP contribution in [0.4, 0.5) is 0 Å². The summed E-state index contributed by atoms with van der Waals surface area (Å²) < 4.78 is 0. The molecule has 2 aromatic rings. The van der Waals surface area contributed by atoms with Gasteiger partial charge in [-0.15, -0.1) is 0 Å². The molecule has 0 saturated carbocycles. The monoisotopic (exact) mass is 229 g/mol. The number of benzene rings is 2. The summed E-state index contributed by atoms with van der Waals surface area (Å²) in [5, 5.41) is 11.0. The molecule has 2 aromatic carbocycles. The Morgan fingerprint density at radius 2 is 1.88 bits per heavy atom. The molecule has 0 aliphatic carbocycles. The molecule has 1 atom stereocenters. The minimum atomic E-state index is -0.964. The number of carboxylic acids is 1. The van der Waals surface area contributed by atoms with Crippen LogP contribution in [0.3, 0.4) is 0 Å². The van der Waals surface area contributed by atoms with Crippen LogP contribution in [0, 0.1) is 6.92 Å². The SMILES string of the molecule is Cc1ccc2cc(C[C@H](N)C(=O)O)ccc2c1. The van der Waals surface area contributed by atoms with Gasteiger partial charge in [-0.25, -0.2) is 0 Å². The first-order chi connectivity index (χ1) is 8.06. The van der Waals surface area contributed by atoms with Crippen LogP contribution in [-0.2, 0) is 11.2 Å². The molecule has 0 radical (unpaired) electrons. The zero-order valence-electron chi connectivity index (χ0n) is 9.68. The summed E-state index contributed by atoms with van der Waals surface area (Å²) in [6.07, 6.45) is 0.360. The van der Waals surface area contributed by atoms with Crippen molar-refractivity contribution in [3.8, 4) is 0 Å². The maximum absolute atomic E-state index is 10.7. The molecule has 88 valence electrons. The summed E-state index contributed by atoms with van der Waals surface area (Å²) in [6.45, 7) is 2.05. The smallest absolute Gasteiger partial charge is 0.320 e. The van der Waals surface area contributed by atoms with Gasteiger partial charge >= 0.3 is 5.97 Å². The van der Waals surface area contributed by atoms with Crippen molar-refractivity contribution >= 4 is 16.7 Å². The highest BCUT2D eigenvalue weighted by atomic mass is 16.4. The summed E-state index contributed by atoms with van der Waals surface area (Å²) in [4.78, 5) is 10.7. The second-order valence-corrected chi connectivity index (χ2v) is 4.33. The normalized spacial score (nSPS) is 12.6. The average Bonchev–Trinajstić information content (AvgIpc) is 2.29. The standard InChI is InChI=1S/C14H15NO2/c1-9-2-4-12-7-10(3-5-11(12)6-9)8-13(15)14(16)17/h2-7,13H,8,15H2,1H3,(H,16,17)/t13-/m0/s1. The summed E-state index contributed by atoms with van der Waals surface area (Å²) in [5.41, 5.74) is 7.69. The van der Waals surface area contributed by atoms with Gasteiger partial charge in [0.1, 0.15) is 6.04 Å². The molecule has 0 aromatic heterocycles. The molecular formula is C14H15NO2. The van der Waals surface area contributed by atoms with E-state index in [1.807, 2.05) is 37.3 Å². The first-order valence-corrected chi connectivity index (χ1v) is 5.54. The molecule has 0 aliphatic heterocycles. The van der Waals surface area contributed by atoms with Gasteiger partial charge in [-0.3, -0.25) is 4.79 Å². The van der Waals surface area contributed by atoms with Crippen molar-refractivity contribution in [2.45, 2.75) is 19.4 Å². The summed E-state index contributed by atoms with van der Waals surface area (Å²) in [5.74, 6) is -0.964. The molecule has 0 fully saturated rings. The lowest BCUT2D eigenvalue weighted by Crippen LogP contribution is -2.32. The minimum absolute atomic E-state index is 0.360. The molecule has 0 spiro atoms. The van der Waals surface area contributed by atoms with E-state index in [2.05, 4.69) is 6.07 Å². The molecular weight excluding hydrogens is 214 g/mol. The summed E-state index contributed by atoms with van der Waals surface area (Å²) in [6, 6.07) is 11.3. The average molecular weight is 229 g/mol. The van der Waals surface area contributed by atoms with Gasteiger partial charge < -0.3 is 10.8 Å². The zero-order chi connectivity index (χ0) is 12.4. The van der Waals surface area contributed by atoms with E-state index in [0.717, 1.165) is 16.3 Å². The zero-order valence-corrected chi connectivity index (χ0v) is 9.68. The number of aliphatic carboxylic acids is 1. The number of aryl methyl sites for hydroxylation is 1. The van der Waals surface area contributed by atoms with Gasteiger partial charge in [0.15, 0.2) is 0 Å². The third kappa shape index (κ3) is 2.63. The first kappa shape index (κ1) is 11.6. The third-order valence-corrected chi connectivity index (χ3v) is 2.83. The summed E-state index contributed by atoms with van der Waals surface area (Å²) in [7, 11) is 0. The van der Waals surface area contributed by atoms with Crippen molar-refractivity contribution < 1.29 is 9.90 Å². The molecule has 17 heavy (non-hydrogen) atoms. The molecule has 3 N–H and O–H groups in total. The first-order valence-electron chi connectivity index (χ1n) is 5.54. The predicted octanol–water partition coefficient (Wildman–Crippen LogP) is 2.10. The fraction of sp³-hybridized carbons (Fsp3) is 0.214. The minimum Gasteiger partial charge on any atom is -0.480 e. The molecule has 0 bridgehead atoms. The maximum atomic E-state index is 10.7. The largest absolute Gasteiger partial charge is 0.480 e. The Morgan fingerprint density at radius 3 is 2.59 bits per heavy atom. The molecule has 3 nitrogen and oxygen atoms in total. The highest BCUT2D eigenvalue weighted by Gasteiger charge is 2.11. The van der Waals surface area contributed by atoms with E-state index < -0.39 is 12.0 Å². The van der Waals surface area contributed by atoms with E-state index >= 15 is 0 Å². The lowest BCUT2D eigenvalue weighted by atomic mass is 10.0. The van der Waals surface area contributed by atoms with E-state index in [9.17, 15) is 4.79 Å². The predicted molar refractivity (Wildman–Crippen MR) is 68.0 cm³/mol. The van der Waals surface area contributed by atoms with Crippen molar-refractivity contribution in [2.75, 3.05) is 0 Å². The number of rotatable bonds is 3. The Kier molecular flexibility index (Phi) is 3.11. The molecule has 0 amide bonds. The number of fused-ring (bicyclic) bond motifs is 1. The van der Waals surface area contributed by atoms with E-state index in [-0.39, 0.29) is 0 Å². The van der Waals surface area contributed by atoms with E-state index in [4.69, 9.17) is 10.8 Å².